The van der Waals surface area contributed by atoms with E-state index >= 15 is 0 Å². The van der Waals surface area contributed by atoms with Crippen molar-refractivity contribution >= 4 is 27.7 Å². The fraction of sp³-hybridized carbons (Fsp3) is 0.400. The van der Waals surface area contributed by atoms with Crippen molar-refractivity contribution in [3.05, 3.63) is 28.2 Å². The molecule has 0 bridgehead atoms. The van der Waals surface area contributed by atoms with Crippen LogP contribution in [-0.2, 0) is 4.74 Å². The molecule has 0 spiro atoms. The standard InChI is InChI=1S/C10H11BrOS/c1-7-4-8(11)2-3-10(7)13-9-5-12-6-9/h2-4,9H,5-6H2,1H3. The molecule has 0 amide bonds. The van der Waals surface area contributed by atoms with E-state index in [1.54, 1.807) is 0 Å². The first-order chi connectivity index (χ1) is 6.25. The Kier molecular flexibility index (Phi) is 2.96. The first-order valence-corrected chi connectivity index (χ1v) is 5.93. The summed E-state index contributed by atoms with van der Waals surface area (Å²) in [6, 6.07) is 6.42. The SMILES string of the molecule is Cc1cc(Br)ccc1SC1COC1. The Bertz CT molecular complexity index is 310. The fourth-order valence-electron chi connectivity index (χ4n) is 1.21. The molecule has 1 saturated heterocycles. The minimum absolute atomic E-state index is 0.667. The first kappa shape index (κ1) is 9.56. The number of thioether (sulfide) groups is 1. The second-order valence-electron chi connectivity index (χ2n) is 3.19. The highest BCUT2D eigenvalue weighted by Crippen LogP contribution is 2.31. The van der Waals surface area contributed by atoms with Gasteiger partial charge in [0, 0.05) is 9.37 Å². The van der Waals surface area contributed by atoms with Crippen LogP contribution in [0.1, 0.15) is 5.56 Å². The lowest BCUT2D eigenvalue weighted by Crippen LogP contribution is -2.30. The van der Waals surface area contributed by atoms with Crippen molar-refractivity contribution in [1.82, 2.24) is 0 Å². The van der Waals surface area contributed by atoms with Crippen molar-refractivity contribution in [2.45, 2.75) is 17.1 Å². The average Bonchev–Trinajstić information content (AvgIpc) is 1.99. The molecule has 1 nitrogen and oxygen atoms in total. The molecule has 0 aliphatic carbocycles. The van der Waals surface area contributed by atoms with Crippen LogP contribution in [-0.4, -0.2) is 18.5 Å². The summed E-state index contributed by atoms with van der Waals surface area (Å²) in [5, 5.41) is 0.667. The number of benzene rings is 1. The van der Waals surface area contributed by atoms with Gasteiger partial charge in [0.1, 0.15) is 0 Å². The van der Waals surface area contributed by atoms with Gasteiger partial charge in [0.2, 0.25) is 0 Å². The summed E-state index contributed by atoms with van der Waals surface area (Å²) in [7, 11) is 0. The van der Waals surface area contributed by atoms with Crippen molar-refractivity contribution in [1.29, 1.82) is 0 Å². The Morgan fingerprint density at radius 3 is 2.77 bits per heavy atom. The smallest absolute Gasteiger partial charge is 0.0611 e. The number of ether oxygens (including phenoxy) is 1. The van der Waals surface area contributed by atoms with E-state index in [1.807, 2.05) is 11.8 Å². The maximum Gasteiger partial charge on any atom is 0.0611 e. The van der Waals surface area contributed by atoms with E-state index in [2.05, 4.69) is 41.1 Å². The number of aryl methyl sites for hydroxylation is 1. The molecule has 0 saturated carbocycles. The molecule has 1 aliphatic rings. The molecule has 1 aromatic carbocycles. The van der Waals surface area contributed by atoms with Gasteiger partial charge in [-0.15, -0.1) is 11.8 Å². The van der Waals surface area contributed by atoms with Gasteiger partial charge >= 0.3 is 0 Å². The van der Waals surface area contributed by atoms with E-state index in [0.717, 1.165) is 17.7 Å². The number of halogens is 1. The minimum atomic E-state index is 0.667. The van der Waals surface area contributed by atoms with Crippen molar-refractivity contribution in [2.24, 2.45) is 0 Å². The van der Waals surface area contributed by atoms with Crippen molar-refractivity contribution in [2.75, 3.05) is 13.2 Å². The third-order valence-corrected chi connectivity index (χ3v) is 3.85. The molecule has 0 aromatic heterocycles. The van der Waals surface area contributed by atoms with Crippen molar-refractivity contribution < 1.29 is 4.74 Å². The predicted octanol–water partition coefficient (Wildman–Crippen LogP) is 3.25. The van der Waals surface area contributed by atoms with Crippen molar-refractivity contribution in [3.8, 4) is 0 Å². The van der Waals surface area contributed by atoms with Crippen molar-refractivity contribution in [3.63, 3.8) is 0 Å². The molecule has 2 rings (SSSR count). The van der Waals surface area contributed by atoms with Crippen LogP contribution in [0.3, 0.4) is 0 Å². The van der Waals surface area contributed by atoms with Crippen LogP contribution in [0.2, 0.25) is 0 Å². The molecule has 1 aliphatic heterocycles. The Balaban J connectivity index is 2.10. The molecule has 70 valence electrons. The van der Waals surface area contributed by atoms with Gasteiger partial charge in [-0.1, -0.05) is 15.9 Å². The maximum atomic E-state index is 5.14. The molecule has 3 heteroatoms. The predicted molar refractivity (Wildman–Crippen MR) is 59.3 cm³/mol. The van der Waals surface area contributed by atoms with Crippen LogP contribution < -0.4 is 0 Å². The number of rotatable bonds is 2. The van der Waals surface area contributed by atoms with E-state index in [0.29, 0.717) is 5.25 Å². The Morgan fingerprint density at radius 1 is 1.46 bits per heavy atom. The highest BCUT2D eigenvalue weighted by molar-refractivity contribution is 9.10. The normalized spacial score (nSPS) is 17.1. The highest BCUT2D eigenvalue weighted by atomic mass is 79.9. The van der Waals surface area contributed by atoms with Gasteiger partial charge < -0.3 is 4.74 Å². The topological polar surface area (TPSA) is 9.23 Å². The zero-order valence-corrected chi connectivity index (χ0v) is 9.82. The van der Waals surface area contributed by atoms with Crippen LogP contribution in [0.5, 0.6) is 0 Å². The highest BCUT2D eigenvalue weighted by Gasteiger charge is 2.19. The summed E-state index contributed by atoms with van der Waals surface area (Å²) in [6.07, 6.45) is 0. The minimum Gasteiger partial charge on any atom is -0.379 e. The largest absolute Gasteiger partial charge is 0.379 e. The summed E-state index contributed by atoms with van der Waals surface area (Å²) >= 11 is 5.38. The van der Waals surface area contributed by atoms with Gasteiger partial charge in [0.15, 0.2) is 0 Å². The molecule has 0 radical (unpaired) electrons. The fourth-order valence-corrected chi connectivity index (χ4v) is 2.76. The summed E-state index contributed by atoms with van der Waals surface area (Å²) in [5.74, 6) is 0. The van der Waals surface area contributed by atoms with Crippen LogP contribution in [0.4, 0.5) is 0 Å². The molecule has 13 heavy (non-hydrogen) atoms. The van der Waals surface area contributed by atoms with Gasteiger partial charge in [0.05, 0.1) is 18.5 Å². The Labute approximate surface area is 91.0 Å². The molecule has 1 fully saturated rings. The zero-order valence-electron chi connectivity index (χ0n) is 7.42. The Morgan fingerprint density at radius 2 is 2.23 bits per heavy atom. The van der Waals surface area contributed by atoms with Gasteiger partial charge in [-0.25, -0.2) is 0 Å². The van der Waals surface area contributed by atoms with Crippen LogP contribution in [0.25, 0.3) is 0 Å². The van der Waals surface area contributed by atoms with Gasteiger partial charge in [-0.05, 0) is 30.7 Å². The molecular weight excluding hydrogens is 248 g/mol. The monoisotopic (exact) mass is 258 g/mol. The lowest BCUT2D eigenvalue weighted by Gasteiger charge is -2.25. The lowest BCUT2D eigenvalue weighted by atomic mass is 10.2. The molecule has 1 heterocycles. The Hall–Kier alpha value is 0.01000. The number of hydrogen-bond acceptors (Lipinski definition) is 2. The summed E-state index contributed by atoms with van der Waals surface area (Å²) in [4.78, 5) is 1.37. The molecule has 0 N–H and O–H groups in total. The average molecular weight is 259 g/mol. The summed E-state index contributed by atoms with van der Waals surface area (Å²) in [5.41, 5.74) is 1.34. The molecule has 0 atom stereocenters. The van der Waals surface area contributed by atoms with Crippen LogP contribution >= 0.6 is 27.7 Å². The molecular formula is C10H11BrOS. The first-order valence-electron chi connectivity index (χ1n) is 4.26. The zero-order chi connectivity index (χ0) is 9.26. The second kappa shape index (κ2) is 4.03. The molecule has 1 aromatic rings. The van der Waals surface area contributed by atoms with E-state index in [1.165, 1.54) is 10.5 Å². The van der Waals surface area contributed by atoms with Gasteiger partial charge in [-0.3, -0.25) is 0 Å². The van der Waals surface area contributed by atoms with E-state index in [4.69, 9.17) is 4.74 Å². The van der Waals surface area contributed by atoms with Gasteiger partial charge in [0.25, 0.3) is 0 Å². The number of hydrogen-bond donors (Lipinski definition) is 0. The molecule has 0 unspecified atom stereocenters. The summed E-state index contributed by atoms with van der Waals surface area (Å²) < 4.78 is 6.29. The summed E-state index contributed by atoms with van der Waals surface area (Å²) in [6.45, 7) is 3.95. The van der Waals surface area contributed by atoms with Crippen LogP contribution in [0, 0.1) is 6.92 Å². The third-order valence-electron chi connectivity index (χ3n) is 2.04. The van der Waals surface area contributed by atoms with Gasteiger partial charge in [-0.2, -0.15) is 0 Å². The second-order valence-corrected chi connectivity index (χ2v) is 5.45. The third kappa shape index (κ3) is 2.27. The van der Waals surface area contributed by atoms with Crippen LogP contribution in [0.15, 0.2) is 27.6 Å². The quantitative estimate of drug-likeness (QED) is 0.806. The van der Waals surface area contributed by atoms with E-state index in [9.17, 15) is 0 Å². The van der Waals surface area contributed by atoms with E-state index < -0.39 is 0 Å². The van der Waals surface area contributed by atoms with E-state index in [-0.39, 0.29) is 0 Å². The maximum absolute atomic E-state index is 5.14. The lowest BCUT2D eigenvalue weighted by molar-refractivity contribution is 0.0455.